The Balaban J connectivity index is 1.67. The number of anilines is 1. The van der Waals surface area contributed by atoms with Crippen molar-refractivity contribution in [2.75, 3.05) is 4.72 Å². The van der Waals surface area contributed by atoms with Gasteiger partial charge in [0, 0.05) is 11.3 Å². The summed E-state index contributed by atoms with van der Waals surface area (Å²) in [6, 6.07) is 19.1. The number of hydrogen-bond donors (Lipinski definition) is 2. The number of carbonyl (C=O) groups excluding carboxylic acids is 1. The van der Waals surface area contributed by atoms with Gasteiger partial charge in [-0.05, 0) is 64.8 Å². The molecule has 1 amide bonds. The molecule has 0 fully saturated rings. The lowest BCUT2D eigenvalue weighted by atomic mass is 10.1. The van der Waals surface area contributed by atoms with Gasteiger partial charge in [-0.15, -0.1) is 11.3 Å². The summed E-state index contributed by atoms with van der Waals surface area (Å²) in [5.74, 6) is -0.219. The first kappa shape index (κ1) is 19.6. The summed E-state index contributed by atoms with van der Waals surface area (Å²) in [6.45, 7) is 1.91. The van der Waals surface area contributed by atoms with Crippen LogP contribution in [0.2, 0.25) is 0 Å². The van der Waals surface area contributed by atoms with E-state index in [4.69, 9.17) is 0 Å². The topological polar surface area (TPSA) is 75.3 Å². The zero-order chi connectivity index (χ0) is 19.4. The van der Waals surface area contributed by atoms with Crippen molar-refractivity contribution >= 4 is 48.9 Å². The number of rotatable bonds is 6. The van der Waals surface area contributed by atoms with Crippen LogP contribution in [0.15, 0.2) is 74.7 Å². The van der Waals surface area contributed by atoms with Gasteiger partial charge < -0.3 is 5.32 Å². The molecule has 5 nitrogen and oxygen atoms in total. The Morgan fingerprint density at radius 3 is 2.26 bits per heavy atom. The van der Waals surface area contributed by atoms with Crippen molar-refractivity contribution < 1.29 is 13.2 Å². The van der Waals surface area contributed by atoms with Crippen LogP contribution in [-0.4, -0.2) is 14.3 Å². The molecule has 0 aliphatic carbocycles. The van der Waals surface area contributed by atoms with Crippen LogP contribution in [-0.2, 0) is 10.0 Å². The van der Waals surface area contributed by atoms with Crippen molar-refractivity contribution in [3.05, 3.63) is 81.6 Å². The fourth-order valence-electron chi connectivity index (χ4n) is 2.44. The minimum atomic E-state index is -3.64. The van der Waals surface area contributed by atoms with Crippen molar-refractivity contribution in [3.8, 4) is 0 Å². The molecule has 0 bridgehead atoms. The van der Waals surface area contributed by atoms with Gasteiger partial charge in [-0.25, -0.2) is 8.42 Å². The van der Waals surface area contributed by atoms with Crippen LogP contribution in [0, 0.1) is 0 Å². The van der Waals surface area contributed by atoms with Crippen molar-refractivity contribution in [2.45, 2.75) is 17.2 Å². The Bertz CT molecular complexity index is 1030. The molecule has 3 rings (SSSR count). The van der Waals surface area contributed by atoms with Crippen LogP contribution in [0.25, 0.3) is 0 Å². The molecular formula is C19H17BrN2O3S2. The van der Waals surface area contributed by atoms with Crippen molar-refractivity contribution in [1.29, 1.82) is 0 Å². The molecule has 1 aromatic heterocycles. The maximum Gasteiger partial charge on any atom is 0.271 e. The Kier molecular flexibility index (Phi) is 5.98. The lowest BCUT2D eigenvalue weighted by molar-refractivity contribution is 0.0940. The smallest absolute Gasteiger partial charge is 0.271 e. The highest BCUT2D eigenvalue weighted by atomic mass is 79.9. The number of benzene rings is 2. The van der Waals surface area contributed by atoms with Gasteiger partial charge in [0.25, 0.3) is 15.9 Å². The number of amides is 1. The third-order valence-corrected chi connectivity index (χ3v) is 7.36. The van der Waals surface area contributed by atoms with E-state index in [1.54, 1.807) is 30.3 Å². The molecule has 1 unspecified atom stereocenters. The second-order valence-electron chi connectivity index (χ2n) is 5.85. The molecule has 1 heterocycles. The minimum absolute atomic E-state index is 0.130. The number of sulfonamides is 1. The standard InChI is InChI=1S/C19H17BrN2O3S2/c1-13(14-5-3-2-4-6-14)21-19(23)15-7-9-16(10-8-15)22-27(24,25)18-12-11-17(20)26-18/h2-13,22H,1H3,(H,21,23). The zero-order valence-electron chi connectivity index (χ0n) is 14.3. The highest BCUT2D eigenvalue weighted by Gasteiger charge is 2.17. The van der Waals surface area contributed by atoms with E-state index in [2.05, 4.69) is 26.0 Å². The first-order valence-electron chi connectivity index (χ1n) is 8.09. The number of thiophene rings is 1. The van der Waals surface area contributed by atoms with E-state index in [0.717, 1.165) is 20.7 Å². The van der Waals surface area contributed by atoms with Gasteiger partial charge in [-0.3, -0.25) is 9.52 Å². The van der Waals surface area contributed by atoms with Crippen LogP contribution in [0.5, 0.6) is 0 Å². The second kappa shape index (κ2) is 8.24. The molecule has 0 aliphatic rings. The van der Waals surface area contributed by atoms with E-state index in [1.807, 2.05) is 37.3 Å². The maximum atomic E-state index is 12.4. The summed E-state index contributed by atoms with van der Waals surface area (Å²) in [7, 11) is -3.64. The summed E-state index contributed by atoms with van der Waals surface area (Å²) < 4.78 is 28.1. The number of nitrogens with one attached hydrogen (secondary N) is 2. The summed E-state index contributed by atoms with van der Waals surface area (Å²) >= 11 is 4.38. The first-order chi connectivity index (χ1) is 12.8. The normalized spacial score (nSPS) is 12.4. The summed E-state index contributed by atoms with van der Waals surface area (Å²) in [5.41, 5.74) is 1.86. The fourth-order valence-corrected chi connectivity index (χ4v) is 5.51. The van der Waals surface area contributed by atoms with Crippen LogP contribution in [0.4, 0.5) is 5.69 Å². The van der Waals surface area contributed by atoms with Gasteiger partial charge in [-0.1, -0.05) is 30.3 Å². The van der Waals surface area contributed by atoms with Gasteiger partial charge in [0.2, 0.25) is 0 Å². The molecule has 27 heavy (non-hydrogen) atoms. The van der Waals surface area contributed by atoms with Gasteiger partial charge >= 0.3 is 0 Å². The van der Waals surface area contributed by atoms with Gasteiger partial charge in [0.05, 0.1) is 9.83 Å². The average molecular weight is 465 g/mol. The Morgan fingerprint density at radius 1 is 1.00 bits per heavy atom. The monoisotopic (exact) mass is 464 g/mol. The Hall–Kier alpha value is -2.16. The van der Waals surface area contributed by atoms with E-state index in [-0.39, 0.29) is 16.2 Å². The Labute approximate surface area is 170 Å². The molecule has 0 spiro atoms. The molecule has 0 saturated heterocycles. The van der Waals surface area contributed by atoms with Crippen LogP contribution in [0.1, 0.15) is 28.9 Å². The van der Waals surface area contributed by atoms with Gasteiger partial charge in [0.1, 0.15) is 4.21 Å². The zero-order valence-corrected chi connectivity index (χ0v) is 17.6. The molecule has 0 aliphatic heterocycles. The lowest BCUT2D eigenvalue weighted by Gasteiger charge is -2.14. The Morgan fingerprint density at radius 2 is 1.67 bits per heavy atom. The summed E-state index contributed by atoms with van der Waals surface area (Å²) in [4.78, 5) is 12.4. The molecule has 140 valence electrons. The highest BCUT2D eigenvalue weighted by molar-refractivity contribution is 9.11. The van der Waals surface area contributed by atoms with Crippen LogP contribution in [0.3, 0.4) is 0 Å². The molecule has 8 heteroatoms. The van der Waals surface area contributed by atoms with Crippen molar-refractivity contribution in [3.63, 3.8) is 0 Å². The third kappa shape index (κ3) is 4.97. The van der Waals surface area contributed by atoms with E-state index in [9.17, 15) is 13.2 Å². The fraction of sp³-hybridized carbons (Fsp3) is 0.105. The first-order valence-corrected chi connectivity index (χ1v) is 11.2. The lowest BCUT2D eigenvalue weighted by Crippen LogP contribution is -2.26. The van der Waals surface area contributed by atoms with Gasteiger partial charge in [0.15, 0.2) is 0 Å². The van der Waals surface area contributed by atoms with E-state index in [0.29, 0.717) is 11.3 Å². The molecular weight excluding hydrogens is 448 g/mol. The van der Waals surface area contributed by atoms with E-state index < -0.39 is 10.0 Å². The van der Waals surface area contributed by atoms with Crippen LogP contribution < -0.4 is 10.0 Å². The molecule has 1 atom stereocenters. The van der Waals surface area contributed by atoms with E-state index in [1.165, 1.54) is 6.07 Å². The number of carbonyl (C=O) groups is 1. The third-order valence-electron chi connectivity index (χ3n) is 3.86. The second-order valence-corrected chi connectivity index (χ2v) is 10.2. The largest absolute Gasteiger partial charge is 0.346 e. The predicted octanol–water partition coefficient (Wildman–Crippen LogP) is 4.80. The predicted molar refractivity (Wildman–Crippen MR) is 112 cm³/mol. The molecule has 2 N–H and O–H groups in total. The number of halogens is 1. The number of hydrogen-bond acceptors (Lipinski definition) is 4. The van der Waals surface area contributed by atoms with Crippen LogP contribution >= 0.6 is 27.3 Å². The van der Waals surface area contributed by atoms with E-state index >= 15 is 0 Å². The van der Waals surface area contributed by atoms with Crippen molar-refractivity contribution in [2.24, 2.45) is 0 Å². The van der Waals surface area contributed by atoms with Crippen molar-refractivity contribution in [1.82, 2.24) is 5.32 Å². The molecule has 0 radical (unpaired) electrons. The minimum Gasteiger partial charge on any atom is -0.346 e. The van der Waals surface area contributed by atoms with Gasteiger partial charge in [-0.2, -0.15) is 0 Å². The average Bonchev–Trinajstić information content (AvgIpc) is 3.10. The molecule has 2 aromatic carbocycles. The summed E-state index contributed by atoms with van der Waals surface area (Å²) in [6.07, 6.45) is 0. The maximum absolute atomic E-state index is 12.4. The molecule has 0 saturated carbocycles. The molecule has 3 aromatic rings. The quantitative estimate of drug-likeness (QED) is 0.549. The summed E-state index contributed by atoms with van der Waals surface area (Å²) in [5, 5.41) is 2.93. The SMILES string of the molecule is CC(NC(=O)c1ccc(NS(=O)(=O)c2ccc(Br)s2)cc1)c1ccccc1. The highest BCUT2D eigenvalue weighted by Crippen LogP contribution is 2.27.